The lowest BCUT2D eigenvalue weighted by atomic mass is 9.91. The van der Waals surface area contributed by atoms with E-state index >= 15 is 0 Å². The van der Waals surface area contributed by atoms with Crippen molar-refractivity contribution in [3.05, 3.63) is 59.2 Å². The highest BCUT2D eigenvalue weighted by Crippen LogP contribution is 2.40. The van der Waals surface area contributed by atoms with Gasteiger partial charge in [-0.2, -0.15) is 0 Å². The smallest absolute Gasteiger partial charge is 0.410 e. The summed E-state index contributed by atoms with van der Waals surface area (Å²) < 4.78 is 19.2. The van der Waals surface area contributed by atoms with Crippen LogP contribution in [0.3, 0.4) is 0 Å². The van der Waals surface area contributed by atoms with Crippen LogP contribution in [0.15, 0.2) is 36.5 Å². The normalized spacial score (nSPS) is 24.8. The SMILES string of the molecule is C[C@@H]1CN(CC(=O)N2CC(C)(C)c3ncc(Cc4ccc(F)cc4)cc32)[C@@H](CN2C[C@@H](C)N(C(=O)OC(C)(C)C)[C@@H](C)C2)CN1C(=O)O. The number of amides is 3. The fourth-order valence-corrected chi connectivity index (χ4v) is 7.49. The second kappa shape index (κ2) is 13.6. The van der Waals surface area contributed by atoms with Crippen molar-refractivity contribution in [3.63, 3.8) is 0 Å². The number of anilines is 1. The Balaban J connectivity index is 1.32. The molecule has 5 rings (SSSR count). The first-order valence-corrected chi connectivity index (χ1v) is 16.9. The van der Waals surface area contributed by atoms with E-state index in [0.29, 0.717) is 39.1 Å². The number of carbonyl (C=O) groups is 3. The fraction of sp³-hybridized carbons (Fsp3) is 0.611. The molecule has 262 valence electrons. The van der Waals surface area contributed by atoms with Gasteiger partial charge in [0.25, 0.3) is 0 Å². The third-order valence-corrected chi connectivity index (χ3v) is 9.64. The molecule has 0 bridgehead atoms. The summed E-state index contributed by atoms with van der Waals surface area (Å²) in [5.41, 5.74) is 2.62. The maximum Gasteiger partial charge on any atom is 0.410 e. The molecular formula is C36H51FN6O5. The summed E-state index contributed by atoms with van der Waals surface area (Å²) in [5, 5.41) is 9.99. The average Bonchev–Trinajstić information content (AvgIpc) is 3.24. The van der Waals surface area contributed by atoms with E-state index in [1.165, 1.54) is 17.0 Å². The minimum Gasteiger partial charge on any atom is -0.465 e. The van der Waals surface area contributed by atoms with Gasteiger partial charge in [0.15, 0.2) is 0 Å². The van der Waals surface area contributed by atoms with Gasteiger partial charge < -0.3 is 24.5 Å². The number of benzene rings is 1. The van der Waals surface area contributed by atoms with Crippen LogP contribution in [0.25, 0.3) is 0 Å². The van der Waals surface area contributed by atoms with E-state index in [0.717, 1.165) is 22.5 Å². The first-order chi connectivity index (χ1) is 22.4. The number of fused-ring (bicyclic) bond motifs is 1. The molecule has 0 radical (unpaired) electrons. The largest absolute Gasteiger partial charge is 0.465 e. The van der Waals surface area contributed by atoms with Crippen LogP contribution in [-0.4, -0.2) is 123 Å². The Morgan fingerprint density at radius 1 is 0.979 bits per heavy atom. The van der Waals surface area contributed by atoms with Crippen molar-refractivity contribution in [1.82, 2.24) is 24.6 Å². The monoisotopic (exact) mass is 666 g/mol. The zero-order chi connectivity index (χ0) is 35.1. The molecule has 3 amide bonds. The van der Waals surface area contributed by atoms with E-state index in [2.05, 4.69) is 23.6 Å². The van der Waals surface area contributed by atoms with E-state index in [9.17, 15) is 23.9 Å². The highest BCUT2D eigenvalue weighted by atomic mass is 19.1. The van der Waals surface area contributed by atoms with Crippen LogP contribution >= 0.6 is 0 Å². The lowest BCUT2D eigenvalue weighted by molar-refractivity contribution is -0.121. The number of rotatable bonds is 6. The molecule has 1 aromatic heterocycles. The number of carbonyl (C=O) groups excluding carboxylic acids is 2. The number of ether oxygens (including phenoxy) is 1. The maximum atomic E-state index is 14.2. The molecule has 4 atom stereocenters. The van der Waals surface area contributed by atoms with Gasteiger partial charge in [-0.3, -0.25) is 19.6 Å². The number of pyridine rings is 1. The second-order valence-corrected chi connectivity index (χ2v) is 15.5. The van der Waals surface area contributed by atoms with Crippen LogP contribution in [0.4, 0.5) is 19.7 Å². The van der Waals surface area contributed by atoms with Crippen molar-refractivity contribution >= 4 is 23.8 Å². The zero-order valence-corrected chi connectivity index (χ0v) is 29.6. The number of nitrogens with zero attached hydrogens (tertiary/aromatic N) is 6. The van der Waals surface area contributed by atoms with Crippen molar-refractivity contribution in [3.8, 4) is 0 Å². The van der Waals surface area contributed by atoms with Crippen molar-refractivity contribution in [2.75, 3.05) is 50.7 Å². The molecule has 12 heteroatoms. The molecular weight excluding hydrogens is 615 g/mol. The van der Waals surface area contributed by atoms with Crippen molar-refractivity contribution < 1.29 is 28.6 Å². The summed E-state index contributed by atoms with van der Waals surface area (Å²) in [6.45, 7) is 18.8. The van der Waals surface area contributed by atoms with Gasteiger partial charge in [-0.1, -0.05) is 26.0 Å². The van der Waals surface area contributed by atoms with E-state index in [1.54, 1.807) is 17.0 Å². The number of hydrogen-bond donors (Lipinski definition) is 1. The number of aromatic nitrogens is 1. The van der Waals surface area contributed by atoms with E-state index in [4.69, 9.17) is 9.72 Å². The summed E-state index contributed by atoms with van der Waals surface area (Å²) in [5.74, 6) is -0.340. The highest BCUT2D eigenvalue weighted by molar-refractivity contribution is 5.97. The van der Waals surface area contributed by atoms with Crippen molar-refractivity contribution in [2.45, 2.75) is 97.0 Å². The summed E-state index contributed by atoms with van der Waals surface area (Å²) in [7, 11) is 0. The Morgan fingerprint density at radius 2 is 1.62 bits per heavy atom. The van der Waals surface area contributed by atoms with Gasteiger partial charge >= 0.3 is 12.2 Å². The Hall–Kier alpha value is -3.77. The van der Waals surface area contributed by atoms with E-state index in [1.807, 2.05) is 58.7 Å². The van der Waals surface area contributed by atoms with Gasteiger partial charge in [0.1, 0.15) is 11.4 Å². The van der Waals surface area contributed by atoms with Crippen LogP contribution in [0, 0.1) is 5.82 Å². The lowest BCUT2D eigenvalue weighted by Crippen LogP contribution is -2.65. The zero-order valence-electron chi connectivity index (χ0n) is 29.6. The van der Waals surface area contributed by atoms with Gasteiger partial charge in [-0.05, 0) is 77.3 Å². The minimum absolute atomic E-state index is 0.0555. The third-order valence-electron chi connectivity index (χ3n) is 9.64. The standard InChI is InChI=1S/C36H51FN6O5/c1-23-18-40(29(20-41(23)33(45)46)19-39-16-24(2)43(25(3)17-39)34(47)48-35(4,5)6)21-31(44)42-22-36(7,8)32-30(42)14-27(15-38-32)13-26-9-11-28(37)12-10-26/h9-12,14-15,23-25,29H,13,16-22H2,1-8H3,(H,45,46)/t23-,24-,25+,29+/m1/s1. The molecule has 11 nitrogen and oxygen atoms in total. The maximum absolute atomic E-state index is 14.2. The Labute approximate surface area is 283 Å². The predicted molar refractivity (Wildman–Crippen MR) is 182 cm³/mol. The molecule has 0 unspecified atom stereocenters. The molecule has 48 heavy (non-hydrogen) atoms. The highest BCUT2D eigenvalue weighted by Gasteiger charge is 2.43. The third kappa shape index (κ3) is 7.92. The number of hydrogen-bond acceptors (Lipinski definition) is 7. The summed E-state index contributed by atoms with van der Waals surface area (Å²) in [6, 6.07) is 7.73. The van der Waals surface area contributed by atoms with Crippen molar-refractivity contribution in [2.24, 2.45) is 0 Å². The van der Waals surface area contributed by atoms with Crippen LogP contribution in [0.5, 0.6) is 0 Å². The van der Waals surface area contributed by atoms with E-state index < -0.39 is 11.7 Å². The molecule has 0 saturated carbocycles. The van der Waals surface area contributed by atoms with Crippen molar-refractivity contribution in [1.29, 1.82) is 0 Å². The Kier molecular flexibility index (Phi) is 10.1. The Morgan fingerprint density at radius 3 is 2.23 bits per heavy atom. The molecule has 2 saturated heterocycles. The molecule has 3 aliphatic heterocycles. The lowest BCUT2D eigenvalue weighted by Gasteiger charge is -2.49. The number of halogens is 1. The molecule has 0 aliphatic carbocycles. The second-order valence-electron chi connectivity index (χ2n) is 15.5. The fourth-order valence-electron chi connectivity index (χ4n) is 7.49. The minimum atomic E-state index is -0.968. The number of piperazine rings is 2. The summed E-state index contributed by atoms with van der Waals surface area (Å²) in [6.07, 6.45) is 1.11. The molecule has 3 aliphatic rings. The summed E-state index contributed by atoms with van der Waals surface area (Å²) >= 11 is 0. The van der Waals surface area contributed by atoms with E-state index in [-0.39, 0.29) is 60.5 Å². The Bertz CT molecular complexity index is 1500. The van der Waals surface area contributed by atoms with Gasteiger partial charge in [0, 0.05) is 75.0 Å². The molecule has 1 N–H and O–H groups in total. The molecule has 4 heterocycles. The van der Waals surface area contributed by atoms with Crippen LogP contribution in [-0.2, 0) is 21.4 Å². The molecule has 1 aromatic carbocycles. The van der Waals surface area contributed by atoms with Crippen LogP contribution in [0.2, 0.25) is 0 Å². The molecule has 2 fully saturated rings. The van der Waals surface area contributed by atoms with Crippen LogP contribution < -0.4 is 4.90 Å². The first kappa shape index (κ1) is 35.5. The van der Waals surface area contributed by atoms with Crippen LogP contribution in [0.1, 0.15) is 72.2 Å². The van der Waals surface area contributed by atoms with Gasteiger partial charge in [0.2, 0.25) is 5.91 Å². The molecule has 2 aromatic rings. The van der Waals surface area contributed by atoms with Gasteiger partial charge in [-0.25, -0.2) is 14.0 Å². The average molecular weight is 667 g/mol. The molecule has 0 spiro atoms. The summed E-state index contributed by atoms with van der Waals surface area (Å²) in [4.78, 5) is 53.6. The van der Waals surface area contributed by atoms with Gasteiger partial charge in [0.05, 0.1) is 17.9 Å². The predicted octanol–water partition coefficient (Wildman–Crippen LogP) is 4.82. The van der Waals surface area contributed by atoms with Gasteiger partial charge in [-0.15, -0.1) is 0 Å². The number of carboxylic acid groups (broad SMARTS) is 1. The first-order valence-electron chi connectivity index (χ1n) is 16.9. The quantitative estimate of drug-likeness (QED) is 0.468. The topological polar surface area (TPSA) is 110 Å².